The van der Waals surface area contributed by atoms with E-state index in [-0.39, 0.29) is 11.2 Å². The molecule has 7 heteroatoms. The monoisotopic (exact) mass is 418 g/mol. The number of aromatic nitrogens is 3. The second kappa shape index (κ2) is 7.72. The number of nitrogens with one attached hydrogen (secondary N) is 1. The van der Waals surface area contributed by atoms with Crippen molar-refractivity contribution in [2.45, 2.75) is 50.6 Å². The summed E-state index contributed by atoms with van der Waals surface area (Å²) in [6.07, 6.45) is 13.2. The SMILES string of the molecule is O=C1NCC/C=C/Cc2ccc3ccn(c3c2)C2(CCCC2)Cn2cc(O)c(=O)c1n2. The van der Waals surface area contributed by atoms with Gasteiger partial charge in [0.15, 0.2) is 11.4 Å². The number of carbonyl (C=O) groups excluding carboxylic acids is 1. The van der Waals surface area contributed by atoms with E-state index < -0.39 is 17.1 Å². The van der Waals surface area contributed by atoms with Crippen molar-refractivity contribution in [3.63, 3.8) is 0 Å². The molecule has 0 radical (unpaired) electrons. The Morgan fingerprint density at radius 3 is 2.77 bits per heavy atom. The van der Waals surface area contributed by atoms with Crippen LogP contribution < -0.4 is 10.7 Å². The number of fused-ring (bicyclic) bond motifs is 4. The largest absolute Gasteiger partial charge is 0.503 e. The minimum Gasteiger partial charge on any atom is -0.503 e. The van der Waals surface area contributed by atoms with Crippen LogP contribution in [0.5, 0.6) is 5.75 Å². The van der Waals surface area contributed by atoms with Gasteiger partial charge in [0.1, 0.15) is 0 Å². The van der Waals surface area contributed by atoms with E-state index >= 15 is 0 Å². The van der Waals surface area contributed by atoms with Crippen molar-refractivity contribution < 1.29 is 9.90 Å². The van der Waals surface area contributed by atoms with Crippen molar-refractivity contribution in [3.8, 4) is 5.75 Å². The van der Waals surface area contributed by atoms with Crippen molar-refractivity contribution in [2.24, 2.45) is 0 Å². The van der Waals surface area contributed by atoms with Crippen LogP contribution in [0.25, 0.3) is 10.9 Å². The zero-order valence-electron chi connectivity index (χ0n) is 17.4. The number of amides is 1. The van der Waals surface area contributed by atoms with Gasteiger partial charge in [-0.3, -0.25) is 14.3 Å². The van der Waals surface area contributed by atoms with Crippen LogP contribution in [0, 0.1) is 0 Å². The van der Waals surface area contributed by atoms with Gasteiger partial charge in [0.05, 0.1) is 18.3 Å². The van der Waals surface area contributed by atoms with E-state index in [9.17, 15) is 14.7 Å². The lowest BCUT2D eigenvalue weighted by atomic mass is 9.96. The Morgan fingerprint density at radius 2 is 1.94 bits per heavy atom. The zero-order chi connectivity index (χ0) is 21.4. The molecule has 3 aromatic rings. The number of aromatic hydroxyl groups is 1. The van der Waals surface area contributed by atoms with Crippen molar-refractivity contribution in [1.29, 1.82) is 0 Å². The Hall–Kier alpha value is -3.35. The van der Waals surface area contributed by atoms with Crippen LogP contribution in [-0.2, 0) is 18.5 Å². The molecule has 1 amide bonds. The summed E-state index contributed by atoms with van der Waals surface area (Å²) in [6, 6.07) is 8.73. The van der Waals surface area contributed by atoms with E-state index in [4.69, 9.17) is 0 Å². The maximum atomic E-state index is 12.6. The predicted octanol–water partition coefficient (Wildman–Crippen LogP) is 3.11. The standard InChI is InChI=1S/C24H26N4O3/c29-20-15-27-16-24(10-3-4-11-24)28-13-9-18-8-7-17(14-19(18)28)6-2-1-5-12-25-23(31)21(26-27)22(20)30/h1-2,7-9,13-15,29H,3-6,10-12,16H2,(H,25,31)/b2-1+. The number of carbonyl (C=O) groups is 1. The molecule has 0 saturated heterocycles. The molecule has 0 unspecified atom stereocenters. The molecule has 7 nitrogen and oxygen atoms in total. The van der Waals surface area contributed by atoms with E-state index in [1.807, 2.05) is 6.08 Å². The van der Waals surface area contributed by atoms with Gasteiger partial charge in [0, 0.05) is 18.3 Å². The molecule has 3 heterocycles. The van der Waals surface area contributed by atoms with Gasteiger partial charge in [0.25, 0.3) is 11.3 Å². The zero-order valence-corrected chi connectivity index (χ0v) is 17.4. The van der Waals surface area contributed by atoms with Gasteiger partial charge >= 0.3 is 0 Å². The van der Waals surface area contributed by atoms with Gasteiger partial charge in [0.2, 0.25) is 0 Å². The Labute approximate surface area is 180 Å². The normalized spacial score (nSPS) is 19.7. The van der Waals surface area contributed by atoms with Gasteiger partial charge in [-0.25, -0.2) is 0 Å². The quantitative estimate of drug-likeness (QED) is 0.549. The first kappa shape index (κ1) is 19.6. The van der Waals surface area contributed by atoms with Gasteiger partial charge in [-0.15, -0.1) is 0 Å². The maximum Gasteiger partial charge on any atom is 0.275 e. The fourth-order valence-electron chi connectivity index (χ4n) is 4.97. The van der Waals surface area contributed by atoms with Crippen LogP contribution in [0.4, 0.5) is 0 Å². The van der Waals surface area contributed by atoms with Crippen LogP contribution in [0.2, 0.25) is 0 Å². The third-order valence-corrected chi connectivity index (χ3v) is 6.54. The fraction of sp³-hybridized carbons (Fsp3) is 0.375. The number of hydrogen-bond acceptors (Lipinski definition) is 4. The van der Waals surface area contributed by atoms with Crippen molar-refractivity contribution in [3.05, 3.63) is 70.3 Å². The van der Waals surface area contributed by atoms with E-state index in [0.29, 0.717) is 19.5 Å². The lowest BCUT2D eigenvalue weighted by Gasteiger charge is -2.33. The van der Waals surface area contributed by atoms with E-state index in [1.165, 1.54) is 22.7 Å². The van der Waals surface area contributed by atoms with Crippen LogP contribution in [0.1, 0.15) is 48.2 Å². The smallest absolute Gasteiger partial charge is 0.275 e. The molecule has 1 aliphatic heterocycles. The highest BCUT2D eigenvalue weighted by Crippen LogP contribution is 2.40. The Morgan fingerprint density at radius 1 is 1.10 bits per heavy atom. The number of nitrogens with zero attached hydrogens (tertiary/aromatic N) is 3. The summed E-state index contributed by atoms with van der Waals surface area (Å²) in [5.41, 5.74) is 1.21. The average molecular weight is 418 g/mol. The lowest BCUT2D eigenvalue weighted by Crippen LogP contribution is -2.38. The summed E-state index contributed by atoms with van der Waals surface area (Å²) < 4.78 is 3.91. The minimum atomic E-state index is -0.734. The van der Waals surface area contributed by atoms with Crippen molar-refractivity contribution >= 4 is 16.8 Å². The molecular weight excluding hydrogens is 392 g/mol. The summed E-state index contributed by atoms with van der Waals surface area (Å²) in [5, 5.41) is 18.5. The molecule has 1 fully saturated rings. The first-order valence-electron chi connectivity index (χ1n) is 10.9. The molecule has 4 bridgehead atoms. The number of benzene rings is 1. The first-order chi connectivity index (χ1) is 15.1. The van der Waals surface area contributed by atoms with Gasteiger partial charge in [-0.2, -0.15) is 5.10 Å². The molecule has 0 atom stereocenters. The topological polar surface area (TPSA) is 89.1 Å². The van der Waals surface area contributed by atoms with Crippen LogP contribution in [0.3, 0.4) is 0 Å². The molecule has 2 aromatic heterocycles. The molecule has 1 aromatic carbocycles. The van der Waals surface area contributed by atoms with Crippen molar-refractivity contribution in [1.82, 2.24) is 19.7 Å². The molecule has 2 aliphatic rings. The number of hydrogen-bond donors (Lipinski definition) is 2. The second-order valence-corrected chi connectivity index (χ2v) is 8.62. The van der Waals surface area contributed by atoms with Crippen LogP contribution in [-0.4, -0.2) is 31.9 Å². The summed E-state index contributed by atoms with van der Waals surface area (Å²) in [4.78, 5) is 24.9. The second-order valence-electron chi connectivity index (χ2n) is 8.62. The Kier molecular flexibility index (Phi) is 4.88. The highest BCUT2D eigenvalue weighted by atomic mass is 16.3. The van der Waals surface area contributed by atoms with Gasteiger partial charge < -0.3 is 15.0 Å². The summed E-state index contributed by atoms with van der Waals surface area (Å²) in [5.74, 6) is -1.00. The first-order valence-corrected chi connectivity index (χ1v) is 10.9. The molecule has 31 heavy (non-hydrogen) atoms. The molecule has 2 N–H and O–H groups in total. The molecule has 1 aliphatic carbocycles. The van der Waals surface area contributed by atoms with Crippen LogP contribution in [0.15, 0.2) is 53.6 Å². The highest BCUT2D eigenvalue weighted by molar-refractivity contribution is 5.92. The summed E-state index contributed by atoms with van der Waals surface area (Å²) in [7, 11) is 0. The molecule has 5 rings (SSSR count). The molecular formula is C24H26N4O3. The average Bonchev–Trinajstić information content (AvgIpc) is 3.39. The third-order valence-electron chi connectivity index (χ3n) is 6.54. The summed E-state index contributed by atoms with van der Waals surface area (Å²) >= 11 is 0. The number of allylic oxidation sites excluding steroid dienone is 1. The highest BCUT2D eigenvalue weighted by Gasteiger charge is 2.37. The fourth-order valence-corrected chi connectivity index (χ4v) is 4.97. The third kappa shape index (κ3) is 3.54. The van der Waals surface area contributed by atoms with E-state index in [2.05, 4.69) is 51.5 Å². The molecule has 1 saturated carbocycles. The maximum absolute atomic E-state index is 12.6. The minimum absolute atomic E-state index is 0.227. The van der Waals surface area contributed by atoms with Gasteiger partial charge in [-0.1, -0.05) is 37.1 Å². The van der Waals surface area contributed by atoms with Crippen molar-refractivity contribution in [2.75, 3.05) is 6.54 Å². The molecule has 160 valence electrons. The molecule has 1 spiro atoms. The van der Waals surface area contributed by atoms with E-state index in [1.54, 1.807) is 4.68 Å². The Bertz CT molecular complexity index is 1230. The predicted molar refractivity (Wildman–Crippen MR) is 118 cm³/mol. The Balaban J connectivity index is 1.68. The lowest BCUT2D eigenvalue weighted by molar-refractivity contribution is 0.0943. The summed E-state index contributed by atoms with van der Waals surface area (Å²) in [6.45, 7) is 0.882. The van der Waals surface area contributed by atoms with Gasteiger partial charge in [-0.05, 0) is 48.8 Å². The van der Waals surface area contributed by atoms with E-state index in [0.717, 1.165) is 32.1 Å². The van der Waals surface area contributed by atoms with Crippen LogP contribution >= 0.6 is 0 Å². The number of rotatable bonds is 0.